The zero-order valence-corrected chi connectivity index (χ0v) is 11.9. The third-order valence-electron chi connectivity index (χ3n) is 4.33. The summed E-state index contributed by atoms with van der Waals surface area (Å²) in [7, 11) is 2.06. The van der Waals surface area contributed by atoms with Gasteiger partial charge in [-0.05, 0) is 47.2 Å². The first-order valence-electron chi connectivity index (χ1n) is 6.99. The Labute approximate surface area is 115 Å². The van der Waals surface area contributed by atoms with Crippen LogP contribution in [0.2, 0.25) is 0 Å². The van der Waals surface area contributed by atoms with Gasteiger partial charge in [-0.25, -0.2) is 0 Å². The van der Waals surface area contributed by atoms with E-state index in [2.05, 4.69) is 74.7 Å². The van der Waals surface area contributed by atoms with Crippen LogP contribution >= 0.6 is 0 Å². The highest BCUT2D eigenvalue weighted by Gasteiger charge is 2.35. The molecule has 0 radical (unpaired) electrons. The lowest BCUT2D eigenvalue weighted by molar-refractivity contribution is 0.447. The molecule has 2 aromatic rings. The molecule has 1 heteroatoms. The van der Waals surface area contributed by atoms with Crippen molar-refractivity contribution in [1.29, 1.82) is 0 Å². The van der Waals surface area contributed by atoms with Crippen LogP contribution < -0.4 is 5.32 Å². The highest BCUT2D eigenvalue weighted by Crippen LogP contribution is 2.45. The number of hydrogen-bond acceptors (Lipinski definition) is 1. The summed E-state index contributed by atoms with van der Waals surface area (Å²) in [6.07, 6.45) is 1.18. The Morgan fingerprint density at radius 1 is 1.00 bits per heavy atom. The maximum absolute atomic E-state index is 3.45. The van der Waals surface area contributed by atoms with Crippen molar-refractivity contribution in [3.8, 4) is 11.1 Å². The monoisotopic (exact) mass is 251 g/mol. The van der Waals surface area contributed by atoms with Gasteiger partial charge in [-0.3, -0.25) is 0 Å². The van der Waals surface area contributed by atoms with Crippen molar-refractivity contribution in [2.75, 3.05) is 7.05 Å². The van der Waals surface area contributed by atoms with Gasteiger partial charge in [-0.2, -0.15) is 0 Å². The Morgan fingerprint density at radius 2 is 1.74 bits per heavy atom. The summed E-state index contributed by atoms with van der Waals surface area (Å²) in [4.78, 5) is 0. The number of nitrogens with one attached hydrogen (secondary N) is 1. The molecule has 1 aliphatic rings. The molecule has 19 heavy (non-hydrogen) atoms. The average molecular weight is 251 g/mol. The van der Waals surface area contributed by atoms with Gasteiger partial charge in [0.05, 0.1) is 0 Å². The molecular weight excluding hydrogens is 230 g/mol. The number of benzene rings is 2. The molecule has 0 bridgehead atoms. The Morgan fingerprint density at radius 3 is 2.42 bits per heavy atom. The predicted molar refractivity (Wildman–Crippen MR) is 81.3 cm³/mol. The smallest absolute Gasteiger partial charge is 0.0329 e. The SMILES string of the molecule is CNC1CC(C)(C)c2ccc(-c3ccccc3)cc21. The second-order valence-corrected chi connectivity index (χ2v) is 6.10. The van der Waals surface area contributed by atoms with E-state index in [4.69, 9.17) is 0 Å². The first-order chi connectivity index (χ1) is 9.12. The quantitative estimate of drug-likeness (QED) is 0.839. The minimum Gasteiger partial charge on any atom is -0.313 e. The van der Waals surface area contributed by atoms with E-state index in [1.165, 1.54) is 28.7 Å². The standard InChI is InChI=1S/C18H21N/c1-18(2)12-17(19-3)15-11-14(9-10-16(15)18)13-7-5-4-6-8-13/h4-11,17,19H,12H2,1-3H3. The molecule has 0 heterocycles. The number of rotatable bonds is 2. The molecule has 0 amide bonds. The molecule has 2 aromatic carbocycles. The topological polar surface area (TPSA) is 12.0 Å². The van der Waals surface area contributed by atoms with E-state index < -0.39 is 0 Å². The van der Waals surface area contributed by atoms with Gasteiger partial charge in [-0.15, -0.1) is 0 Å². The lowest BCUT2D eigenvalue weighted by atomic mass is 9.86. The van der Waals surface area contributed by atoms with Gasteiger partial charge < -0.3 is 5.32 Å². The fourth-order valence-corrected chi connectivity index (χ4v) is 3.27. The summed E-state index contributed by atoms with van der Waals surface area (Å²) >= 11 is 0. The molecule has 0 fully saturated rings. The maximum Gasteiger partial charge on any atom is 0.0329 e. The van der Waals surface area contributed by atoms with E-state index in [0.29, 0.717) is 6.04 Å². The van der Waals surface area contributed by atoms with Crippen molar-refractivity contribution < 1.29 is 0 Å². The van der Waals surface area contributed by atoms with Crippen LogP contribution in [-0.4, -0.2) is 7.05 Å². The Hall–Kier alpha value is -1.60. The second kappa shape index (κ2) is 4.50. The summed E-state index contributed by atoms with van der Waals surface area (Å²) in [5, 5.41) is 3.45. The molecule has 0 saturated heterocycles. The van der Waals surface area contributed by atoms with Crippen LogP contribution in [0, 0.1) is 0 Å². The zero-order valence-electron chi connectivity index (χ0n) is 11.9. The van der Waals surface area contributed by atoms with Crippen LogP contribution in [0.4, 0.5) is 0 Å². The van der Waals surface area contributed by atoms with Crippen LogP contribution in [0.25, 0.3) is 11.1 Å². The van der Waals surface area contributed by atoms with Crippen molar-refractivity contribution in [1.82, 2.24) is 5.32 Å². The van der Waals surface area contributed by atoms with E-state index in [1.807, 2.05) is 0 Å². The molecular formula is C18H21N. The van der Waals surface area contributed by atoms with Crippen LogP contribution in [0.1, 0.15) is 37.4 Å². The minimum atomic E-state index is 0.276. The molecule has 0 aromatic heterocycles. The fourth-order valence-electron chi connectivity index (χ4n) is 3.27. The Bertz CT molecular complexity index is 584. The van der Waals surface area contributed by atoms with E-state index in [9.17, 15) is 0 Å². The van der Waals surface area contributed by atoms with E-state index >= 15 is 0 Å². The highest BCUT2D eigenvalue weighted by atomic mass is 14.9. The third kappa shape index (κ3) is 2.08. The van der Waals surface area contributed by atoms with Gasteiger partial charge in [0.1, 0.15) is 0 Å². The summed E-state index contributed by atoms with van der Waals surface area (Å²) in [5.74, 6) is 0. The summed E-state index contributed by atoms with van der Waals surface area (Å²) in [6.45, 7) is 4.68. The zero-order chi connectivity index (χ0) is 13.5. The first-order valence-corrected chi connectivity index (χ1v) is 6.99. The first kappa shape index (κ1) is 12.4. The molecule has 98 valence electrons. The summed E-state index contributed by atoms with van der Waals surface area (Å²) < 4.78 is 0. The maximum atomic E-state index is 3.45. The van der Waals surface area contributed by atoms with Crippen LogP contribution in [-0.2, 0) is 5.41 Å². The van der Waals surface area contributed by atoms with Crippen LogP contribution in [0.5, 0.6) is 0 Å². The van der Waals surface area contributed by atoms with Crippen molar-refractivity contribution in [2.45, 2.75) is 31.7 Å². The van der Waals surface area contributed by atoms with Gasteiger partial charge in [0.2, 0.25) is 0 Å². The van der Waals surface area contributed by atoms with Gasteiger partial charge in [0, 0.05) is 6.04 Å². The van der Waals surface area contributed by atoms with E-state index in [1.54, 1.807) is 0 Å². The molecule has 0 spiro atoms. The third-order valence-corrected chi connectivity index (χ3v) is 4.33. The average Bonchev–Trinajstić information content (AvgIpc) is 2.71. The van der Waals surface area contributed by atoms with Crippen molar-refractivity contribution in [3.05, 3.63) is 59.7 Å². The van der Waals surface area contributed by atoms with Crippen molar-refractivity contribution in [2.24, 2.45) is 0 Å². The predicted octanol–water partition coefficient (Wildman–Crippen LogP) is 4.30. The molecule has 1 unspecified atom stereocenters. The molecule has 1 N–H and O–H groups in total. The van der Waals surface area contributed by atoms with Crippen LogP contribution in [0.15, 0.2) is 48.5 Å². The highest BCUT2D eigenvalue weighted by molar-refractivity contribution is 5.66. The van der Waals surface area contributed by atoms with Crippen LogP contribution in [0.3, 0.4) is 0 Å². The van der Waals surface area contributed by atoms with Crippen molar-refractivity contribution in [3.63, 3.8) is 0 Å². The summed E-state index contributed by atoms with van der Waals surface area (Å²) in [6, 6.07) is 18.0. The van der Waals surface area contributed by atoms with E-state index in [-0.39, 0.29) is 5.41 Å². The fraction of sp³-hybridized carbons (Fsp3) is 0.333. The molecule has 0 saturated carbocycles. The second-order valence-electron chi connectivity index (χ2n) is 6.10. The summed E-state index contributed by atoms with van der Waals surface area (Å²) in [5.41, 5.74) is 5.85. The van der Waals surface area contributed by atoms with E-state index in [0.717, 1.165) is 0 Å². The van der Waals surface area contributed by atoms with Gasteiger partial charge in [0.15, 0.2) is 0 Å². The number of hydrogen-bond donors (Lipinski definition) is 1. The lowest BCUT2D eigenvalue weighted by Crippen LogP contribution is -2.17. The molecule has 0 aliphatic heterocycles. The molecule has 3 rings (SSSR count). The van der Waals surface area contributed by atoms with Gasteiger partial charge in [0.25, 0.3) is 0 Å². The Kier molecular flexibility index (Phi) is 2.94. The van der Waals surface area contributed by atoms with Gasteiger partial charge in [-0.1, -0.05) is 56.3 Å². The molecule has 1 aliphatic carbocycles. The lowest BCUT2D eigenvalue weighted by Gasteiger charge is -2.19. The minimum absolute atomic E-state index is 0.276. The number of fused-ring (bicyclic) bond motifs is 1. The largest absolute Gasteiger partial charge is 0.313 e. The van der Waals surface area contributed by atoms with Crippen molar-refractivity contribution >= 4 is 0 Å². The molecule has 1 atom stereocenters. The molecule has 1 nitrogen and oxygen atoms in total. The van der Waals surface area contributed by atoms with Gasteiger partial charge >= 0.3 is 0 Å². The Balaban J connectivity index is 2.10. The normalized spacial score (nSPS) is 20.3.